The summed E-state index contributed by atoms with van der Waals surface area (Å²) >= 11 is 0. The van der Waals surface area contributed by atoms with Crippen molar-refractivity contribution in [1.29, 1.82) is 0 Å². The lowest BCUT2D eigenvalue weighted by Crippen LogP contribution is -2.36. The fourth-order valence-electron chi connectivity index (χ4n) is 4.03. The third-order valence-corrected chi connectivity index (χ3v) is 5.41. The number of carbonyl (C=O) groups excluding carboxylic acids is 1. The molecule has 6 heteroatoms. The van der Waals surface area contributed by atoms with Crippen LogP contribution in [0.2, 0.25) is 0 Å². The number of benzene rings is 2. The lowest BCUT2D eigenvalue weighted by atomic mass is 9.80. The topological polar surface area (TPSA) is 98.1 Å². The molecule has 0 aliphatic carbocycles. The lowest BCUT2D eigenvalue weighted by Gasteiger charge is -2.36. The molecule has 0 bridgehead atoms. The monoisotopic (exact) mass is 361 g/mol. The maximum absolute atomic E-state index is 11.9. The van der Waals surface area contributed by atoms with E-state index in [9.17, 15) is 4.79 Å². The zero-order chi connectivity index (χ0) is 19.0. The summed E-state index contributed by atoms with van der Waals surface area (Å²) in [5.74, 6) is 0.955. The highest BCUT2D eigenvalue weighted by Crippen LogP contribution is 2.39. The van der Waals surface area contributed by atoms with E-state index in [2.05, 4.69) is 41.2 Å². The molecule has 4 rings (SSSR count). The maximum atomic E-state index is 11.9. The van der Waals surface area contributed by atoms with Gasteiger partial charge < -0.3 is 16.4 Å². The van der Waals surface area contributed by atoms with Gasteiger partial charge in [0, 0.05) is 17.8 Å². The molecular weight excluding hydrogens is 338 g/mol. The summed E-state index contributed by atoms with van der Waals surface area (Å²) in [6.07, 6.45) is 1.02. The first kappa shape index (κ1) is 17.4. The fraction of sp³-hybridized carbons (Fsp3) is 0.286. The number of amides is 1. The minimum absolute atomic E-state index is 0.0961. The number of para-hydroxylation sites is 1. The van der Waals surface area contributed by atoms with Gasteiger partial charge in [-0.25, -0.2) is 9.97 Å². The molecule has 2 atom stereocenters. The summed E-state index contributed by atoms with van der Waals surface area (Å²) in [6.45, 7) is 1.86. The molecule has 4 N–H and O–H groups in total. The molecule has 0 radical (unpaired) electrons. The second kappa shape index (κ2) is 6.96. The van der Waals surface area contributed by atoms with E-state index in [-0.39, 0.29) is 5.92 Å². The average molecular weight is 361 g/mol. The number of nitrogens with two attached hydrogens (primary N) is 2. The van der Waals surface area contributed by atoms with E-state index in [1.165, 1.54) is 5.56 Å². The standard InChI is InChI=1S/C21H23N5O/c1-26-11-10-14(13-6-3-2-4-7-13)17(12-26)21-24-18-15(19(22)25-21)8-5-9-16(18)20(23)27/h2-9,14,17H,10-12H2,1H3,(H2,23,27)(H2,22,24,25). The molecule has 1 saturated heterocycles. The number of primary amides is 1. The number of likely N-dealkylation sites (tertiary alicyclic amines) is 1. The van der Waals surface area contributed by atoms with Gasteiger partial charge >= 0.3 is 0 Å². The number of nitrogen functional groups attached to an aromatic ring is 1. The highest BCUT2D eigenvalue weighted by atomic mass is 16.1. The van der Waals surface area contributed by atoms with Gasteiger partial charge in [0.25, 0.3) is 5.91 Å². The van der Waals surface area contributed by atoms with Crippen LogP contribution in [0.25, 0.3) is 10.9 Å². The van der Waals surface area contributed by atoms with E-state index < -0.39 is 5.91 Å². The van der Waals surface area contributed by atoms with Crippen molar-refractivity contribution >= 4 is 22.6 Å². The predicted octanol–water partition coefficient (Wildman–Crippen LogP) is 2.51. The summed E-state index contributed by atoms with van der Waals surface area (Å²) < 4.78 is 0. The summed E-state index contributed by atoms with van der Waals surface area (Å²) in [5, 5.41) is 0.662. The number of anilines is 1. The molecule has 2 unspecified atom stereocenters. The van der Waals surface area contributed by atoms with E-state index in [1.807, 2.05) is 12.1 Å². The summed E-state index contributed by atoms with van der Waals surface area (Å²) in [6, 6.07) is 15.7. The van der Waals surface area contributed by atoms with Crippen LogP contribution in [0, 0.1) is 0 Å². The second-order valence-corrected chi connectivity index (χ2v) is 7.21. The van der Waals surface area contributed by atoms with E-state index in [1.54, 1.807) is 12.1 Å². The van der Waals surface area contributed by atoms with Gasteiger partial charge in [-0.2, -0.15) is 0 Å². The predicted molar refractivity (Wildman–Crippen MR) is 107 cm³/mol. The van der Waals surface area contributed by atoms with Gasteiger partial charge in [0.2, 0.25) is 0 Å². The number of fused-ring (bicyclic) bond motifs is 1. The number of nitrogens with zero attached hydrogens (tertiary/aromatic N) is 3. The Hall–Kier alpha value is -2.99. The van der Waals surface area contributed by atoms with Crippen LogP contribution in [0.5, 0.6) is 0 Å². The van der Waals surface area contributed by atoms with Crippen LogP contribution in [-0.4, -0.2) is 40.9 Å². The molecule has 3 aromatic rings. The lowest BCUT2D eigenvalue weighted by molar-refractivity contribution is 0.100. The minimum atomic E-state index is -0.509. The highest BCUT2D eigenvalue weighted by molar-refractivity contribution is 6.06. The smallest absolute Gasteiger partial charge is 0.250 e. The van der Waals surface area contributed by atoms with Crippen LogP contribution < -0.4 is 11.5 Å². The van der Waals surface area contributed by atoms with Gasteiger partial charge in [-0.3, -0.25) is 4.79 Å². The van der Waals surface area contributed by atoms with Gasteiger partial charge in [0.1, 0.15) is 11.6 Å². The molecule has 1 fully saturated rings. The largest absolute Gasteiger partial charge is 0.383 e. The Kier molecular flexibility index (Phi) is 4.49. The molecule has 1 aliphatic rings. The van der Waals surface area contributed by atoms with Gasteiger partial charge in [-0.1, -0.05) is 36.4 Å². The average Bonchev–Trinajstić information content (AvgIpc) is 2.68. The van der Waals surface area contributed by atoms with E-state index in [0.29, 0.717) is 34.0 Å². The molecule has 1 amide bonds. The van der Waals surface area contributed by atoms with Crippen LogP contribution in [0.3, 0.4) is 0 Å². The molecule has 0 spiro atoms. The molecule has 2 heterocycles. The summed E-state index contributed by atoms with van der Waals surface area (Å²) in [7, 11) is 2.10. The second-order valence-electron chi connectivity index (χ2n) is 7.21. The number of rotatable bonds is 3. The van der Waals surface area contributed by atoms with Crippen molar-refractivity contribution < 1.29 is 4.79 Å². The van der Waals surface area contributed by atoms with Crippen molar-refractivity contribution in [3.63, 3.8) is 0 Å². The number of carbonyl (C=O) groups is 1. The number of hydrogen-bond acceptors (Lipinski definition) is 5. The van der Waals surface area contributed by atoms with E-state index in [4.69, 9.17) is 16.5 Å². The van der Waals surface area contributed by atoms with Crippen molar-refractivity contribution in [2.45, 2.75) is 18.3 Å². The zero-order valence-electron chi connectivity index (χ0n) is 15.3. The Morgan fingerprint density at radius 2 is 1.85 bits per heavy atom. The Balaban J connectivity index is 1.85. The van der Waals surface area contributed by atoms with Crippen molar-refractivity contribution in [2.24, 2.45) is 5.73 Å². The van der Waals surface area contributed by atoms with Crippen molar-refractivity contribution in [2.75, 3.05) is 25.9 Å². The van der Waals surface area contributed by atoms with Crippen LogP contribution in [0.15, 0.2) is 48.5 Å². The quantitative estimate of drug-likeness (QED) is 0.747. The Morgan fingerprint density at radius 1 is 1.07 bits per heavy atom. The number of aromatic nitrogens is 2. The molecule has 2 aromatic carbocycles. The van der Waals surface area contributed by atoms with Crippen molar-refractivity contribution in [1.82, 2.24) is 14.9 Å². The SMILES string of the molecule is CN1CCC(c2ccccc2)C(c2nc(N)c3cccc(C(N)=O)c3n2)C1. The Bertz CT molecular complexity index is 989. The van der Waals surface area contributed by atoms with Gasteiger partial charge in [-0.05, 0) is 43.6 Å². The number of piperidine rings is 1. The molecule has 1 aliphatic heterocycles. The van der Waals surface area contributed by atoms with Gasteiger partial charge in [0.05, 0.1) is 11.1 Å². The third-order valence-electron chi connectivity index (χ3n) is 5.41. The molecule has 0 saturated carbocycles. The minimum Gasteiger partial charge on any atom is -0.383 e. The number of hydrogen-bond donors (Lipinski definition) is 2. The molecule has 27 heavy (non-hydrogen) atoms. The van der Waals surface area contributed by atoms with Crippen LogP contribution >= 0.6 is 0 Å². The maximum Gasteiger partial charge on any atom is 0.250 e. The van der Waals surface area contributed by atoms with Crippen LogP contribution in [-0.2, 0) is 0 Å². The van der Waals surface area contributed by atoms with E-state index in [0.717, 1.165) is 19.5 Å². The summed E-state index contributed by atoms with van der Waals surface area (Å²) in [4.78, 5) is 23.5. The van der Waals surface area contributed by atoms with Gasteiger partial charge in [0.15, 0.2) is 0 Å². The Morgan fingerprint density at radius 3 is 2.59 bits per heavy atom. The van der Waals surface area contributed by atoms with Crippen molar-refractivity contribution in [3.05, 3.63) is 65.5 Å². The van der Waals surface area contributed by atoms with Crippen LogP contribution in [0.1, 0.15) is 40.0 Å². The van der Waals surface area contributed by atoms with Gasteiger partial charge in [-0.15, -0.1) is 0 Å². The molecule has 6 nitrogen and oxygen atoms in total. The Labute approximate surface area is 158 Å². The highest BCUT2D eigenvalue weighted by Gasteiger charge is 2.32. The first-order chi connectivity index (χ1) is 13.0. The molecule has 1 aromatic heterocycles. The zero-order valence-corrected chi connectivity index (χ0v) is 15.3. The fourth-order valence-corrected chi connectivity index (χ4v) is 4.03. The number of likely N-dealkylation sites (N-methyl/N-ethyl adjacent to an activating group) is 1. The summed E-state index contributed by atoms with van der Waals surface area (Å²) in [5.41, 5.74) is 14.0. The van der Waals surface area contributed by atoms with E-state index >= 15 is 0 Å². The van der Waals surface area contributed by atoms with Crippen LogP contribution in [0.4, 0.5) is 5.82 Å². The first-order valence-electron chi connectivity index (χ1n) is 9.14. The molecule has 138 valence electrons. The molecular formula is C21H23N5O. The first-order valence-corrected chi connectivity index (χ1v) is 9.14. The third kappa shape index (κ3) is 3.24. The van der Waals surface area contributed by atoms with Crippen molar-refractivity contribution in [3.8, 4) is 0 Å². The normalized spacial score (nSPS) is 20.6.